The summed E-state index contributed by atoms with van der Waals surface area (Å²) in [4.78, 5) is 12.8. The van der Waals surface area contributed by atoms with Crippen molar-refractivity contribution in [2.45, 2.75) is 49.4 Å². The molecule has 3 heterocycles. The summed E-state index contributed by atoms with van der Waals surface area (Å²) in [5.74, 6) is 0.143. The predicted octanol–water partition coefficient (Wildman–Crippen LogP) is -1.32. The van der Waals surface area contributed by atoms with E-state index in [9.17, 15) is 20.4 Å². The zero-order chi connectivity index (χ0) is 16.1. The van der Waals surface area contributed by atoms with Gasteiger partial charge in [-0.2, -0.15) is 0 Å². The van der Waals surface area contributed by atoms with Crippen molar-refractivity contribution in [3.05, 3.63) is 18.3 Å². The van der Waals surface area contributed by atoms with Crippen molar-refractivity contribution in [1.82, 2.24) is 19.5 Å². The molecule has 1 aliphatic heterocycles. The minimum Gasteiger partial charge on any atom is -0.394 e. The van der Waals surface area contributed by atoms with E-state index < -0.39 is 24.5 Å². The molecule has 23 heavy (non-hydrogen) atoms. The SMILES string of the molecule is OC[C@H]1O[C@@H](n2cnc3c(C4CC(O)C4)ncnc32)[C@H](O)[C@@H]1O. The van der Waals surface area contributed by atoms with Crippen LogP contribution >= 0.6 is 0 Å². The first-order valence-electron chi connectivity index (χ1n) is 7.58. The number of fused-ring (bicyclic) bond motifs is 1. The van der Waals surface area contributed by atoms with E-state index in [1.54, 1.807) is 4.57 Å². The van der Waals surface area contributed by atoms with Gasteiger partial charge in [0.05, 0.1) is 24.7 Å². The molecule has 124 valence electrons. The lowest BCUT2D eigenvalue weighted by molar-refractivity contribution is -0.0511. The van der Waals surface area contributed by atoms with Crippen molar-refractivity contribution in [1.29, 1.82) is 0 Å². The summed E-state index contributed by atoms with van der Waals surface area (Å²) >= 11 is 0. The number of nitrogens with zero attached hydrogens (tertiary/aromatic N) is 4. The fourth-order valence-electron chi connectivity index (χ4n) is 3.28. The Hall–Kier alpha value is -1.65. The first-order valence-corrected chi connectivity index (χ1v) is 7.58. The van der Waals surface area contributed by atoms with Gasteiger partial charge in [0.15, 0.2) is 11.9 Å². The van der Waals surface area contributed by atoms with Crippen LogP contribution in [0.4, 0.5) is 0 Å². The molecule has 9 heteroatoms. The van der Waals surface area contributed by atoms with Gasteiger partial charge in [0, 0.05) is 5.92 Å². The highest BCUT2D eigenvalue weighted by Crippen LogP contribution is 2.39. The summed E-state index contributed by atoms with van der Waals surface area (Å²) in [5.41, 5.74) is 1.86. The van der Waals surface area contributed by atoms with Crippen LogP contribution in [0.2, 0.25) is 0 Å². The van der Waals surface area contributed by atoms with E-state index in [0.717, 1.165) is 5.69 Å². The average Bonchev–Trinajstić information content (AvgIpc) is 3.07. The lowest BCUT2D eigenvalue weighted by atomic mass is 9.80. The van der Waals surface area contributed by atoms with Gasteiger partial charge in [-0.15, -0.1) is 0 Å². The van der Waals surface area contributed by atoms with E-state index in [1.165, 1.54) is 12.7 Å². The van der Waals surface area contributed by atoms with Gasteiger partial charge < -0.3 is 25.2 Å². The Kier molecular flexibility index (Phi) is 3.54. The highest BCUT2D eigenvalue weighted by molar-refractivity contribution is 5.74. The molecule has 0 radical (unpaired) electrons. The minimum atomic E-state index is -1.19. The second-order valence-electron chi connectivity index (χ2n) is 6.13. The number of rotatable bonds is 3. The van der Waals surface area contributed by atoms with E-state index >= 15 is 0 Å². The summed E-state index contributed by atoms with van der Waals surface area (Å²) in [6.45, 7) is -0.387. The number of hydrogen-bond donors (Lipinski definition) is 4. The van der Waals surface area contributed by atoms with Crippen molar-refractivity contribution in [2.24, 2.45) is 0 Å². The molecule has 0 unspecified atom stereocenters. The number of hydrogen-bond acceptors (Lipinski definition) is 8. The maximum absolute atomic E-state index is 10.1. The molecule has 9 nitrogen and oxygen atoms in total. The maximum Gasteiger partial charge on any atom is 0.165 e. The molecule has 0 aromatic carbocycles. The molecule has 2 aromatic rings. The molecule has 0 spiro atoms. The quantitative estimate of drug-likeness (QED) is 0.546. The van der Waals surface area contributed by atoms with Crippen LogP contribution in [0.25, 0.3) is 11.2 Å². The molecule has 0 bridgehead atoms. The second-order valence-corrected chi connectivity index (χ2v) is 6.13. The van der Waals surface area contributed by atoms with Crippen LogP contribution in [0.3, 0.4) is 0 Å². The molecule has 1 saturated heterocycles. The predicted molar refractivity (Wildman–Crippen MR) is 76.3 cm³/mol. The van der Waals surface area contributed by atoms with Crippen LogP contribution in [0.1, 0.15) is 30.7 Å². The topological polar surface area (TPSA) is 134 Å². The van der Waals surface area contributed by atoms with E-state index in [2.05, 4.69) is 15.0 Å². The van der Waals surface area contributed by atoms with E-state index in [4.69, 9.17) is 4.74 Å². The Labute approximate surface area is 131 Å². The Bertz CT molecular complexity index is 716. The number of aliphatic hydroxyl groups is 4. The Morgan fingerprint density at radius 3 is 2.57 bits per heavy atom. The normalized spacial score (nSPS) is 37.2. The number of aromatic nitrogens is 4. The summed E-state index contributed by atoms with van der Waals surface area (Å²) in [5, 5.41) is 38.7. The maximum atomic E-state index is 10.1. The summed E-state index contributed by atoms with van der Waals surface area (Å²) in [6.07, 6.45) is -0.191. The standard InChI is InChI=1S/C14H18N4O5/c19-3-8-11(21)12(22)14(23-8)18-5-17-10-9(6-1-7(20)2-6)15-4-16-13(10)18/h4-8,11-12,14,19-22H,1-3H2/t6?,7?,8-,11-,12-,14-/m1/s1. The minimum absolute atomic E-state index is 0.143. The van der Waals surface area contributed by atoms with E-state index in [1.807, 2.05) is 0 Å². The molecule has 4 atom stereocenters. The Balaban J connectivity index is 1.71. The molecule has 1 aliphatic carbocycles. The van der Waals surface area contributed by atoms with Crippen molar-refractivity contribution < 1.29 is 25.2 Å². The zero-order valence-electron chi connectivity index (χ0n) is 12.2. The number of ether oxygens (including phenoxy) is 1. The lowest BCUT2D eigenvalue weighted by Crippen LogP contribution is -2.33. The third-order valence-electron chi connectivity index (χ3n) is 4.68. The Morgan fingerprint density at radius 1 is 1.13 bits per heavy atom. The molecule has 2 aromatic heterocycles. The smallest absolute Gasteiger partial charge is 0.165 e. The largest absolute Gasteiger partial charge is 0.394 e. The van der Waals surface area contributed by atoms with Crippen molar-refractivity contribution >= 4 is 11.2 Å². The third-order valence-corrected chi connectivity index (χ3v) is 4.68. The van der Waals surface area contributed by atoms with Crippen LogP contribution in [0, 0.1) is 0 Å². The highest BCUT2D eigenvalue weighted by atomic mass is 16.6. The molecule has 0 amide bonds. The second kappa shape index (κ2) is 5.46. The third kappa shape index (κ3) is 2.24. The Morgan fingerprint density at radius 2 is 1.91 bits per heavy atom. The first kappa shape index (κ1) is 14.9. The van der Waals surface area contributed by atoms with Crippen LogP contribution in [0.5, 0.6) is 0 Å². The van der Waals surface area contributed by atoms with Gasteiger partial charge >= 0.3 is 0 Å². The van der Waals surface area contributed by atoms with E-state index in [0.29, 0.717) is 24.0 Å². The highest BCUT2D eigenvalue weighted by Gasteiger charge is 2.44. The zero-order valence-corrected chi connectivity index (χ0v) is 12.2. The van der Waals surface area contributed by atoms with Crippen LogP contribution in [0.15, 0.2) is 12.7 Å². The van der Waals surface area contributed by atoms with Crippen LogP contribution < -0.4 is 0 Å². The van der Waals surface area contributed by atoms with Gasteiger partial charge in [-0.3, -0.25) is 4.57 Å². The molecule has 1 saturated carbocycles. The first-order chi connectivity index (χ1) is 11.1. The molecule has 2 aliphatic rings. The van der Waals surface area contributed by atoms with Gasteiger partial charge in [0.25, 0.3) is 0 Å². The number of aliphatic hydroxyl groups excluding tert-OH is 4. The molecule has 2 fully saturated rings. The van der Waals surface area contributed by atoms with Crippen LogP contribution in [-0.4, -0.2) is 71.0 Å². The summed E-state index contributed by atoms with van der Waals surface area (Å²) < 4.78 is 7.06. The molecule has 4 N–H and O–H groups in total. The number of imidazole rings is 1. The summed E-state index contributed by atoms with van der Waals surface area (Å²) in [6, 6.07) is 0. The van der Waals surface area contributed by atoms with Crippen molar-refractivity contribution in [3.8, 4) is 0 Å². The molecular weight excluding hydrogens is 304 g/mol. The van der Waals surface area contributed by atoms with Crippen LogP contribution in [-0.2, 0) is 4.74 Å². The van der Waals surface area contributed by atoms with Crippen molar-refractivity contribution in [2.75, 3.05) is 6.61 Å². The average molecular weight is 322 g/mol. The fourth-order valence-corrected chi connectivity index (χ4v) is 3.28. The lowest BCUT2D eigenvalue weighted by Gasteiger charge is -2.30. The van der Waals surface area contributed by atoms with Gasteiger partial charge in [-0.1, -0.05) is 0 Å². The van der Waals surface area contributed by atoms with Gasteiger partial charge in [-0.05, 0) is 12.8 Å². The molecular formula is C14H18N4O5. The van der Waals surface area contributed by atoms with Crippen molar-refractivity contribution in [3.63, 3.8) is 0 Å². The van der Waals surface area contributed by atoms with E-state index in [-0.39, 0.29) is 18.6 Å². The molecule has 4 rings (SSSR count). The van der Waals surface area contributed by atoms with Gasteiger partial charge in [0.2, 0.25) is 0 Å². The monoisotopic (exact) mass is 322 g/mol. The van der Waals surface area contributed by atoms with Gasteiger partial charge in [0.1, 0.15) is 30.2 Å². The summed E-state index contributed by atoms with van der Waals surface area (Å²) in [7, 11) is 0. The van der Waals surface area contributed by atoms with Gasteiger partial charge in [-0.25, -0.2) is 15.0 Å². The fraction of sp³-hybridized carbons (Fsp3) is 0.643.